The number of halogens is 1. The van der Waals surface area contributed by atoms with Crippen LogP contribution in [0.2, 0.25) is 0 Å². The molecular formula is C14H17FN2O. The molecule has 1 aromatic carbocycles. The third kappa shape index (κ3) is 2.12. The van der Waals surface area contributed by atoms with Gasteiger partial charge in [-0.05, 0) is 24.0 Å². The fourth-order valence-corrected chi connectivity index (χ4v) is 2.71. The number of piperazine rings is 1. The summed E-state index contributed by atoms with van der Waals surface area (Å²) in [4.78, 5) is 14.1. The first-order valence-electron chi connectivity index (χ1n) is 6.51. The molecule has 0 bridgehead atoms. The number of amides is 1. The van der Waals surface area contributed by atoms with E-state index in [1.54, 1.807) is 12.1 Å². The average Bonchev–Trinajstić information content (AvgIpc) is 3.20. The van der Waals surface area contributed by atoms with Crippen molar-refractivity contribution in [1.29, 1.82) is 0 Å². The van der Waals surface area contributed by atoms with Gasteiger partial charge >= 0.3 is 0 Å². The normalized spacial score (nSPS) is 27.1. The minimum absolute atomic E-state index is 0.000000000000000222. The summed E-state index contributed by atoms with van der Waals surface area (Å²) in [6, 6.07) is 6.79. The van der Waals surface area contributed by atoms with Gasteiger partial charge < -0.3 is 10.2 Å². The van der Waals surface area contributed by atoms with E-state index in [4.69, 9.17) is 0 Å². The van der Waals surface area contributed by atoms with Crippen molar-refractivity contribution in [3.05, 3.63) is 35.6 Å². The molecule has 1 amide bonds. The second-order valence-electron chi connectivity index (χ2n) is 5.05. The first-order chi connectivity index (χ1) is 8.77. The zero-order valence-corrected chi connectivity index (χ0v) is 10.2. The number of hydrogen-bond donors (Lipinski definition) is 1. The van der Waals surface area contributed by atoms with Gasteiger partial charge in [-0.3, -0.25) is 4.79 Å². The van der Waals surface area contributed by atoms with Crippen molar-refractivity contribution in [3.8, 4) is 0 Å². The summed E-state index contributed by atoms with van der Waals surface area (Å²) >= 11 is 0. The van der Waals surface area contributed by atoms with E-state index in [1.165, 1.54) is 6.07 Å². The van der Waals surface area contributed by atoms with Crippen molar-refractivity contribution >= 4 is 5.91 Å². The van der Waals surface area contributed by atoms with Crippen LogP contribution in [-0.2, 0) is 4.79 Å². The van der Waals surface area contributed by atoms with Crippen LogP contribution in [0.5, 0.6) is 0 Å². The van der Waals surface area contributed by atoms with E-state index in [9.17, 15) is 9.18 Å². The molecule has 1 aromatic rings. The third-order valence-corrected chi connectivity index (χ3v) is 3.84. The van der Waals surface area contributed by atoms with E-state index >= 15 is 0 Å². The van der Waals surface area contributed by atoms with Crippen molar-refractivity contribution in [3.63, 3.8) is 0 Å². The van der Waals surface area contributed by atoms with Gasteiger partial charge in [0.2, 0.25) is 5.91 Å². The Morgan fingerprint density at radius 1 is 1.28 bits per heavy atom. The van der Waals surface area contributed by atoms with Crippen molar-refractivity contribution in [2.75, 3.05) is 26.2 Å². The highest BCUT2D eigenvalue weighted by molar-refractivity contribution is 5.83. The topological polar surface area (TPSA) is 32.3 Å². The Morgan fingerprint density at radius 3 is 2.72 bits per heavy atom. The average molecular weight is 248 g/mol. The number of carbonyl (C=O) groups excluding carboxylic acids is 1. The summed E-state index contributed by atoms with van der Waals surface area (Å²) in [5, 5.41) is 3.23. The molecule has 3 nitrogen and oxygen atoms in total. The number of rotatable bonds is 2. The van der Waals surface area contributed by atoms with Crippen molar-refractivity contribution in [2.45, 2.75) is 12.3 Å². The second-order valence-corrected chi connectivity index (χ2v) is 5.05. The molecule has 1 aliphatic heterocycles. The van der Waals surface area contributed by atoms with Crippen LogP contribution >= 0.6 is 0 Å². The largest absolute Gasteiger partial charge is 0.340 e. The first-order valence-corrected chi connectivity index (χ1v) is 6.51. The summed E-state index contributed by atoms with van der Waals surface area (Å²) in [5.74, 6) is 0.108. The van der Waals surface area contributed by atoms with Gasteiger partial charge in [0.05, 0.1) is 0 Å². The second kappa shape index (κ2) is 4.69. The molecule has 1 heterocycles. The standard InChI is InChI=1S/C14H17FN2O/c15-13-4-2-1-3-10(13)11-9-12(11)14(18)17-7-5-16-6-8-17/h1-4,11-12,16H,5-9H2/t11-,12+/m1/s1. The molecule has 18 heavy (non-hydrogen) atoms. The Balaban J connectivity index is 1.67. The molecule has 3 rings (SSSR count). The molecule has 4 heteroatoms. The molecule has 1 saturated heterocycles. The minimum Gasteiger partial charge on any atom is -0.340 e. The Labute approximate surface area is 106 Å². The predicted molar refractivity (Wildman–Crippen MR) is 66.7 cm³/mol. The molecule has 2 atom stereocenters. The molecule has 0 radical (unpaired) electrons. The number of benzene rings is 1. The maximum Gasteiger partial charge on any atom is 0.226 e. The lowest BCUT2D eigenvalue weighted by Crippen LogP contribution is -2.47. The van der Waals surface area contributed by atoms with Gasteiger partial charge in [-0.2, -0.15) is 0 Å². The van der Waals surface area contributed by atoms with Gasteiger partial charge in [-0.15, -0.1) is 0 Å². The van der Waals surface area contributed by atoms with Crippen LogP contribution in [0.4, 0.5) is 4.39 Å². The van der Waals surface area contributed by atoms with Crippen LogP contribution in [-0.4, -0.2) is 37.0 Å². The van der Waals surface area contributed by atoms with Crippen LogP contribution in [0.25, 0.3) is 0 Å². The summed E-state index contributed by atoms with van der Waals surface area (Å²) < 4.78 is 13.6. The Bertz CT molecular complexity index is 457. The Kier molecular flexibility index (Phi) is 3.04. The summed E-state index contributed by atoms with van der Waals surface area (Å²) in [6.45, 7) is 3.28. The summed E-state index contributed by atoms with van der Waals surface area (Å²) in [6.07, 6.45) is 0.795. The SMILES string of the molecule is O=C([C@H]1C[C@@H]1c1ccccc1F)N1CCNCC1. The van der Waals surface area contributed by atoms with Crippen LogP contribution in [0, 0.1) is 11.7 Å². The summed E-state index contributed by atoms with van der Waals surface area (Å²) in [5.41, 5.74) is 0.700. The van der Waals surface area contributed by atoms with Crippen LogP contribution in [0.3, 0.4) is 0 Å². The number of nitrogens with one attached hydrogen (secondary N) is 1. The fraction of sp³-hybridized carbons (Fsp3) is 0.500. The van der Waals surface area contributed by atoms with E-state index < -0.39 is 0 Å². The van der Waals surface area contributed by atoms with Gasteiger partial charge in [0.15, 0.2) is 0 Å². The quantitative estimate of drug-likeness (QED) is 0.857. The van der Waals surface area contributed by atoms with Gasteiger partial charge in [-0.25, -0.2) is 4.39 Å². The van der Waals surface area contributed by atoms with E-state index in [-0.39, 0.29) is 23.6 Å². The fourth-order valence-electron chi connectivity index (χ4n) is 2.71. The Morgan fingerprint density at radius 2 is 2.00 bits per heavy atom. The third-order valence-electron chi connectivity index (χ3n) is 3.84. The van der Waals surface area contributed by atoms with E-state index in [0.29, 0.717) is 5.56 Å². The highest BCUT2D eigenvalue weighted by Crippen LogP contribution is 2.49. The van der Waals surface area contributed by atoms with E-state index in [0.717, 1.165) is 32.6 Å². The van der Waals surface area contributed by atoms with Gasteiger partial charge in [-0.1, -0.05) is 18.2 Å². The van der Waals surface area contributed by atoms with E-state index in [1.807, 2.05) is 11.0 Å². The number of hydrogen-bond acceptors (Lipinski definition) is 2. The minimum atomic E-state index is -0.182. The molecule has 1 N–H and O–H groups in total. The molecule has 1 saturated carbocycles. The van der Waals surface area contributed by atoms with Crippen LogP contribution in [0.1, 0.15) is 17.9 Å². The van der Waals surface area contributed by atoms with Crippen LogP contribution in [0.15, 0.2) is 24.3 Å². The number of nitrogens with zero attached hydrogens (tertiary/aromatic N) is 1. The van der Waals surface area contributed by atoms with Gasteiger partial charge in [0.1, 0.15) is 5.82 Å². The lowest BCUT2D eigenvalue weighted by Gasteiger charge is -2.27. The van der Waals surface area contributed by atoms with Crippen molar-refractivity contribution in [2.24, 2.45) is 5.92 Å². The smallest absolute Gasteiger partial charge is 0.226 e. The zero-order chi connectivity index (χ0) is 12.5. The molecule has 2 fully saturated rings. The predicted octanol–water partition coefficient (Wildman–Crippen LogP) is 1.36. The molecule has 0 aromatic heterocycles. The monoisotopic (exact) mass is 248 g/mol. The van der Waals surface area contributed by atoms with E-state index in [2.05, 4.69) is 5.32 Å². The summed E-state index contributed by atoms with van der Waals surface area (Å²) in [7, 11) is 0. The van der Waals surface area contributed by atoms with Crippen molar-refractivity contribution in [1.82, 2.24) is 10.2 Å². The zero-order valence-electron chi connectivity index (χ0n) is 10.2. The molecule has 0 unspecified atom stereocenters. The van der Waals surface area contributed by atoms with Gasteiger partial charge in [0, 0.05) is 32.1 Å². The maximum atomic E-state index is 13.6. The highest BCUT2D eigenvalue weighted by atomic mass is 19.1. The highest BCUT2D eigenvalue weighted by Gasteiger charge is 2.46. The molecule has 96 valence electrons. The Hall–Kier alpha value is -1.42. The molecule has 2 aliphatic rings. The van der Waals surface area contributed by atoms with Gasteiger partial charge in [0.25, 0.3) is 0 Å². The molecule has 0 spiro atoms. The first kappa shape index (κ1) is 11.7. The maximum absolute atomic E-state index is 13.6. The molecule has 1 aliphatic carbocycles. The molecular weight excluding hydrogens is 231 g/mol. The van der Waals surface area contributed by atoms with Crippen LogP contribution < -0.4 is 5.32 Å². The lowest BCUT2D eigenvalue weighted by atomic mass is 10.1. The van der Waals surface area contributed by atoms with Crippen molar-refractivity contribution < 1.29 is 9.18 Å². The lowest BCUT2D eigenvalue weighted by molar-refractivity contribution is -0.133. The number of carbonyl (C=O) groups is 1.